The predicted molar refractivity (Wildman–Crippen MR) is 102 cm³/mol. The molecule has 0 aromatic heterocycles. The topological polar surface area (TPSA) is 73.9 Å². The Morgan fingerprint density at radius 3 is 2.46 bits per heavy atom. The average Bonchev–Trinajstić information content (AvgIpc) is 2.68. The fourth-order valence-corrected chi connectivity index (χ4v) is 4.63. The maximum absolute atomic E-state index is 12.8. The number of rotatable bonds is 5. The summed E-state index contributed by atoms with van der Waals surface area (Å²) in [4.78, 5) is 28.0. The standard InChI is InChI=1S/C18H26N4O3S/c1-5-10-26-16-13-15(21(2)18(24)22(3)17(13)23)19-14(20-16)11-6-8-12(25-4)9-7-11/h6-9,13-16,19-20H,5,10H2,1-4H3. The first-order valence-corrected chi connectivity index (χ1v) is 9.84. The first kappa shape index (κ1) is 19.0. The van der Waals surface area contributed by atoms with Gasteiger partial charge in [-0.05, 0) is 29.9 Å². The van der Waals surface area contributed by atoms with E-state index in [1.165, 1.54) is 4.90 Å². The van der Waals surface area contributed by atoms with Gasteiger partial charge in [0.25, 0.3) is 0 Å². The molecule has 3 rings (SSSR count). The van der Waals surface area contributed by atoms with E-state index in [0.29, 0.717) is 0 Å². The van der Waals surface area contributed by atoms with Gasteiger partial charge >= 0.3 is 6.03 Å². The lowest BCUT2D eigenvalue weighted by atomic mass is 9.96. The second-order valence-corrected chi connectivity index (χ2v) is 7.84. The number of methoxy groups -OCH3 is 1. The van der Waals surface area contributed by atoms with E-state index in [-0.39, 0.29) is 35.6 Å². The van der Waals surface area contributed by atoms with Gasteiger partial charge in [-0.25, -0.2) is 4.79 Å². The number of amides is 3. The highest BCUT2D eigenvalue weighted by Gasteiger charge is 2.50. The molecule has 2 N–H and O–H groups in total. The third-order valence-electron chi connectivity index (χ3n) is 4.91. The van der Waals surface area contributed by atoms with Crippen LogP contribution in [0.3, 0.4) is 0 Å². The van der Waals surface area contributed by atoms with Gasteiger partial charge in [-0.15, -0.1) is 11.8 Å². The van der Waals surface area contributed by atoms with Crippen molar-refractivity contribution in [1.29, 1.82) is 0 Å². The van der Waals surface area contributed by atoms with Gasteiger partial charge in [-0.3, -0.25) is 20.3 Å². The van der Waals surface area contributed by atoms with Crippen molar-refractivity contribution >= 4 is 23.7 Å². The van der Waals surface area contributed by atoms with E-state index >= 15 is 0 Å². The summed E-state index contributed by atoms with van der Waals surface area (Å²) in [6, 6.07) is 7.52. The van der Waals surface area contributed by atoms with Crippen molar-refractivity contribution in [1.82, 2.24) is 20.4 Å². The van der Waals surface area contributed by atoms with Gasteiger partial charge in [-0.1, -0.05) is 19.1 Å². The lowest BCUT2D eigenvalue weighted by Crippen LogP contribution is -2.72. The van der Waals surface area contributed by atoms with Crippen molar-refractivity contribution in [3.8, 4) is 5.75 Å². The average molecular weight is 378 g/mol. The van der Waals surface area contributed by atoms with E-state index in [1.807, 2.05) is 24.3 Å². The van der Waals surface area contributed by atoms with Gasteiger partial charge < -0.3 is 9.64 Å². The van der Waals surface area contributed by atoms with Crippen molar-refractivity contribution in [3.05, 3.63) is 29.8 Å². The number of carbonyl (C=O) groups is 2. The van der Waals surface area contributed by atoms with Crippen LogP contribution >= 0.6 is 11.8 Å². The highest BCUT2D eigenvalue weighted by atomic mass is 32.2. The minimum Gasteiger partial charge on any atom is -0.497 e. The third-order valence-corrected chi connectivity index (χ3v) is 6.34. The maximum atomic E-state index is 12.8. The van der Waals surface area contributed by atoms with Gasteiger partial charge in [0.2, 0.25) is 5.91 Å². The van der Waals surface area contributed by atoms with Crippen LogP contribution in [0.4, 0.5) is 4.79 Å². The Morgan fingerprint density at radius 2 is 1.85 bits per heavy atom. The molecule has 2 saturated heterocycles. The number of fused-ring (bicyclic) bond motifs is 1. The van der Waals surface area contributed by atoms with E-state index in [1.54, 1.807) is 37.9 Å². The van der Waals surface area contributed by atoms with Crippen molar-refractivity contribution in [2.24, 2.45) is 5.92 Å². The number of hydrogen-bond donors (Lipinski definition) is 2. The summed E-state index contributed by atoms with van der Waals surface area (Å²) < 4.78 is 5.23. The van der Waals surface area contributed by atoms with Gasteiger partial charge in [-0.2, -0.15) is 0 Å². The van der Waals surface area contributed by atoms with Crippen molar-refractivity contribution in [2.75, 3.05) is 27.0 Å². The van der Waals surface area contributed by atoms with E-state index in [0.717, 1.165) is 23.5 Å². The summed E-state index contributed by atoms with van der Waals surface area (Å²) in [5.41, 5.74) is 1.04. The number of hydrogen-bond acceptors (Lipinski definition) is 6. The van der Waals surface area contributed by atoms with Crippen molar-refractivity contribution in [2.45, 2.75) is 31.0 Å². The minimum absolute atomic E-state index is 0.0706. The second kappa shape index (κ2) is 7.85. The molecule has 7 nitrogen and oxygen atoms in total. The predicted octanol–water partition coefficient (Wildman–Crippen LogP) is 1.82. The molecule has 2 fully saturated rings. The highest BCUT2D eigenvalue weighted by molar-refractivity contribution is 7.99. The summed E-state index contributed by atoms with van der Waals surface area (Å²) in [6.45, 7) is 2.12. The molecule has 1 aromatic rings. The van der Waals surface area contributed by atoms with Crippen LogP contribution in [0.1, 0.15) is 25.1 Å². The summed E-state index contributed by atoms with van der Waals surface area (Å²) in [7, 11) is 4.93. The number of thioether (sulfide) groups is 1. The number of benzene rings is 1. The van der Waals surface area contributed by atoms with E-state index in [2.05, 4.69) is 17.6 Å². The van der Waals surface area contributed by atoms with E-state index in [4.69, 9.17) is 4.74 Å². The zero-order valence-corrected chi connectivity index (χ0v) is 16.4. The Hall–Kier alpha value is -1.77. The molecule has 142 valence electrons. The van der Waals surface area contributed by atoms with Crippen LogP contribution in [-0.2, 0) is 4.79 Å². The summed E-state index contributed by atoms with van der Waals surface area (Å²) in [5, 5.41) is 6.92. The fraction of sp³-hybridized carbons (Fsp3) is 0.556. The summed E-state index contributed by atoms with van der Waals surface area (Å²) in [5.74, 6) is 1.28. The van der Waals surface area contributed by atoms with Crippen LogP contribution < -0.4 is 15.4 Å². The lowest BCUT2D eigenvalue weighted by Gasteiger charge is -2.50. The molecule has 1 aromatic carbocycles. The van der Waals surface area contributed by atoms with Gasteiger partial charge in [0.15, 0.2) is 0 Å². The van der Waals surface area contributed by atoms with Crippen LogP contribution in [0.5, 0.6) is 5.75 Å². The normalized spacial score (nSPS) is 28.9. The van der Waals surface area contributed by atoms with Gasteiger partial charge in [0, 0.05) is 14.1 Å². The largest absolute Gasteiger partial charge is 0.497 e. The summed E-state index contributed by atoms with van der Waals surface area (Å²) >= 11 is 1.74. The Kier molecular flexibility index (Phi) is 5.74. The van der Waals surface area contributed by atoms with Crippen molar-refractivity contribution in [3.63, 3.8) is 0 Å². The Balaban J connectivity index is 1.89. The molecule has 2 heterocycles. The molecule has 2 aliphatic rings. The van der Waals surface area contributed by atoms with Crippen LogP contribution in [0.15, 0.2) is 24.3 Å². The van der Waals surface area contributed by atoms with Crippen molar-refractivity contribution < 1.29 is 14.3 Å². The molecule has 0 radical (unpaired) electrons. The SMILES string of the molecule is CCCSC1NC(c2ccc(OC)cc2)NC2C1C(=O)N(C)C(=O)N2C. The Bertz CT molecular complexity index is 669. The van der Waals surface area contributed by atoms with E-state index < -0.39 is 0 Å². The molecule has 4 atom stereocenters. The molecule has 26 heavy (non-hydrogen) atoms. The minimum atomic E-state index is -0.339. The maximum Gasteiger partial charge on any atom is 0.327 e. The van der Waals surface area contributed by atoms with E-state index in [9.17, 15) is 9.59 Å². The first-order valence-electron chi connectivity index (χ1n) is 8.80. The quantitative estimate of drug-likeness (QED) is 0.814. The van der Waals surface area contributed by atoms with Crippen LogP contribution in [0.2, 0.25) is 0 Å². The number of carbonyl (C=O) groups excluding carboxylic acids is 2. The molecule has 0 spiro atoms. The fourth-order valence-electron chi connectivity index (χ4n) is 3.43. The van der Waals surface area contributed by atoms with Gasteiger partial charge in [0.1, 0.15) is 5.75 Å². The molecule has 0 bridgehead atoms. The molecular weight excluding hydrogens is 352 g/mol. The Morgan fingerprint density at radius 1 is 1.15 bits per heavy atom. The third kappa shape index (κ3) is 3.41. The monoisotopic (exact) mass is 378 g/mol. The second-order valence-electron chi connectivity index (χ2n) is 6.59. The molecule has 2 aliphatic heterocycles. The van der Waals surface area contributed by atoms with Gasteiger partial charge in [0.05, 0.1) is 30.7 Å². The molecule has 8 heteroatoms. The number of ether oxygens (including phenoxy) is 1. The lowest BCUT2D eigenvalue weighted by molar-refractivity contribution is -0.140. The van der Waals surface area contributed by atoms with Crippen LogP contribution in [-0.4, -0.2) is 60.2 Å². The number of imide groups is 1. The summed E-state index contributed by atoms with van der Waals surface area (Å²) in [6.07, 6.45) is 0.538. The number of nitrogens with zero attached hydrogens (tertiary/aromatic N) is 2. The number of urea groups is 1. The number of nitrogens with one attached hydrogen (secondary N) is 2. The molecule has 3 amide bonds. The Labute approximate surface area is 158 Å². The first-order chi connectivity index (χ1) is 12.5. The molecule has 0 saturated carbocycles. The zero-order chi connectivity index (χ0) is 18.8. The molecule has 0 aliphatic carbocycles. The van der Waals surface area contributed by atoms with Crippen LogP contribution in [0, 0.1) is 5.92 Å². The molecular formula is C18H26N4O3S. The molecule has 4 unspecified atom stereocenters. The highest BCUT2D eigenvalue weighted by Crippen LogP contribution is 2.34. The smallest absolute Gasteiger partial charge is 0.327 e. The van der Waals surface area contributed by atoms with Crippen LogP contribution in [0.25, 0.3) is 0 Å². The zero-order valence-electron chi connectivity index (χ0n) is 15.6.